The molecule has 0 aliphatic rings. The Hall–Kier alpha value is -4.46. The van der Waals surface area contributed by atoms with Gasteiger partial charge in [0.1, 0.15) is 5.75 Å². The largest absolute Gasteiger partial charge is 0.497 e. The highest BCUT2D eigenvalue weighted by Gasteiger charge is 2.20. The lowest BCUT2D eigenvalue weighted by Gasteiger charge is -2.21. The van der Waals surface area contributed by atoms with Crippen molar-refractivity contribution < 1.29 is 14.5 Å². The lowest BCUT2D eigenvalue weighted by Crippen LogP contribution is -2.31. The van der Waals surface area contributed by atoms with Crippen LogP contribution in [0.4, 0.5) is 5.69 Å². The van der Waals surface area contributed by atoms with Crippen molar-refractivity contribution in [1.29, 1.82) is 0 Å². The van der Waals surface area contributed by atoms with Gasteiger partial charge in [-0.2, -0.15) is 5.10 Å². The van der Waals surface area contributed by atoms with Gasteiger partial charge in [-0.25, -0.2) is 4.68 Å². The molecule has 1 heterocycles. The predicted octanol–water partition coefficient (Wildman–Crippen LogP) is 5.05. The first-order chi connectivity index (χ1) is 17.0. The van der Waals surface area contributed by atoms with Gasteiger partial charge in [0, 0.05) is 42.5 Å². The molecule has 0 aliphatic heterocycles. The van der Waals surface area contributed by atoms with Gasteiger partial charge in [-0.15, -0.1) is 0 Å². The summed E-state index contributed by atoms with van der Waals surface area (Å²) in [6.07, 6.45) is 2.01. The van der Waals surface area contributed by atoms with Gasteiger partial charge < -0.3 is 9.64 Å². The Kier molecular flexibility index (Phi) is 7.21. The van der Waals surface area contributed by atoms with E-state index in [0.717, 1.165) is 22.6 Å². The number of carbonyl (C=O) groups is 1. The lowest BCUT2D eigenvalue weighted by molar-refractivity contribution is -0.384. The maximum atomic E-state index is 13.3. The first-order valence-electron chi connectivity index (χ1n) is 11.3. The Morgan fingerprint density at radius 3 is 2.31 bits per heavy atom. The third kappa shape index (κ3) is 5.55. The minimum atomic E-state index is -0.435. The minimum absolute atomic E-state index is 0.00511. The number of methoxy groups -OCH3 is 1. The van der Waals surface area contributed by atoms with E-state index in [9.17, 15) is 14.9 Å². The number of carbonyl (C=O) groups excluding carboxylic acids is 1. The van der Waals surface area contributed by atoms with Gasteiger partial charge in [-0.3, -0.25) is 14.9 Å². The van der Waals surface area contributed by atoms with E-state index in [1.807, 2.05) is 67.7 Å². The van der Waals surface area contributed by atoms with Crippen LogP contribution in [0.2, 0.25) is 0 Å². The summed E-state index contributed by atoms with van der Waals surface area (Å²) in [7, 11) is 1.62. The van der Waals surface area contributed by atoms with Gasteiger partial charge in [-0.05, 0) is 48.9 Å². The van der Waals surface area contributed by atoms with Gasteiger partial charge >= 0.3 is 0 Å². The molecule has 0 unspecified atom stereocenters. The molecular formula is C27H26N4O4. The number of para-hydroxylation sites is 1. The van der Waals surface area contributed by atoms with Gasteiger partial charge in [0.2, 0.25) is 5.91 Å². The molecule has 0 spiro atoms. The Morgan fingerprint density at radius 2 is 1.71 bits per heavy atom. The first-order valence-corrected chi connectivity index (χ1v) is 11.3. The molecule has 0 N–H and O–H groups in total. The number of nitro benzene ring substituents is 1. The van der Waals surface area contributed by atoms with Crippen molar-refractivity contribution in [1.82, 2.24) is 14.7 Å². The van der Waals surface area contributed by atoms with Crippen LogP contribution in [0.15, 0.2) is 85.1 Å². The fourth-order valence-corrected chi connectivity index (χ4v) is 3.84. The van der Waals surface area contributed by atoms with Crippen molar-refractivity contribution in [3.63, 3.8) is 0 Å². The molecule has 8 nitrogen and oxygen atoms in total. The van der Waals surface area contributed by atoms with E-state index in [1.54, 1.807) is 28.8 Å². The maximum Gasteiger partial charge on any atom is 0.269 e. The Bertz CT molecular complexity index is 1300. The Morgan fingerprint density at radius 1 is 1.03 bits per heavy atom. The van der Waals surface area contributed by atoms with Gasteiger partial charge in [0.25, 0.3) is 5.69 Å². The van der Waals surface area contributed by atoms with E-state index in [4.69, 9.17) is 9.84 Å². The molecular weight excluding hydrogens is 444 g/mol. The van der Waals surface area contributed by atoms with Gasteiger partial charge in [-0.1, -0.05) is 30.3 Å². The van der Waals surface area contributed by atoms with Gasteiger partial charge in [0.05, 0.1) is 29.8 Å². The first kappa shape index (κ1) is 23.7. The highest BCUT2D eigenvalue weighted by Crippen LogP contribution is 2.27. The van der Waals surface area contributed by atoms with E-state index in [0.29, 0.717) is 24.3 Å². The van der Waals surface area contributed by atoms with Crippen LogP contribution in [0.5, 0.6) is 5.75 Å². The third-order valence-corrected chi connectivity index (χ3v) is 5.77. The number of benzene rings is 3. The SMILES string of the molecule is CCN(Cc1ccc(OC)cc1)C(=O)Cc1cn(-c2ccccc2)nc1-c1ccc([N+](=O)[O-])cc1. The maximum absolute atomic E-state index is 13.3. The molecule has 1 aromatic heterocycles. The topological polar surface area (TPSA) is 90.5 Å². The molecule has 1 amide bonds. The molecule has 0 bridgehead atoms. The van der Waals surface area contributed by atoms with E-state index < -0.39 is 4.92 Å². The number of rotatable bonds is 9. The summed E-state index contributed by atoms with van der Waals surface area (Å²) >= 11 is 0. The normalized spacial score (nSPS) is 10.7. The third-order valence-electron chi connectivity index (χ3n) is 5.77. The molecule has 0 saturated carbocycles. The second-order valence-corrected chi connectivity index (χ2v) is 8.02. The van der Waals surface area contributed by atoms with Crippen molar-refractivity contribution in [3.8, 4) is 22.7 Å². The number of non-ortho nitro benzene ring substituents is 1. The molecule has 4 rings (SSSR count). The smallest absolute Gasteiger partial charge is 0.269 e. The number of hydrogen-bond donors (Lipinski definition) is 0. The highest BCUT2D eigenvalue weighted by atomic mass is 16.6. The number of amides is 1. The predicted molar refractivity (Wildman–Crippen MR) is 133 cm³/mol. The summed E-state index contributed by atoms with van der Waals surface area (Å²) in [5.41, 5.74) is 3.96. The van der Waals surface area contributed by atoms with Crippen LogP contribution in [0, 0.1) is 10.1 Å². The number of nitro groups is 1. The summed E-state index contributed by atoms with van der Waals surface area (Å²) < 4.78 is 6.95. The van der Waals surface area contributed by atoms with Crippen LogP contribution < -0.4 is 4.74 Å². The van der Waals surface area contributed by atoms with E-state index in [1.165, 1.54) is 12.1 Å². The summed E-state index contributed by atoms with van der Waals surface area (Å²) in [6, 6.07) is 23.5. The van der Waals surface area contributed by atoms with E-state index >= 15 is 0 Å². The summed E-state index contributed by atoms with van der Waals surface area (Å²) in [4.78, 5) is 25.7. The van der Waals surface area contributed by atoms with E-state index in [2.05, 4.69) is 0 Å². The van der Waals surface area contributed by atoms with Crippen molar-refractivity contribution in [2.75, 3.05) is 13.7 Å². The van der Waals surface area contributed by atoms with Crippen LogP contribution in [0.1, 0.15) is 18.1 Å². The zero-order chi connectivity index (χ0) is 24.8. The number of nitrogens with zero attached hydrogens (tertiary/aromatic N) is 4. The Labute approximate surface area is 203 Å². The molecule has 3 aromatic carbocycles. The average Bonchev–Trinajstić information content (AvgIpc) is 3.31. The molecule has 8 heteroatoms. The Balaban J connectivity index is 1.62. The van der Waals surface area contributed by atoms with Gasteiger partial charge in [0.15, 0.2) is 0 Å². The molecule has 4 aromatic rings. The number of likely N-dealkylation sites (N-methyl/N-ethyl adjacent to an activating group) is 1. The summed E-state index contributed by atoms with van der Waals surface area (Å²) in [6.45, 7) is 3.00. The zero-order valence-corrected chi connectivity index (χ0v) is 19.6. The number of ether oxygens (including phenoxy) is 1. The molecule has 0 fully saturated rings. The van der Waals surface area contributed by atoms with Crippen LogP contribution in [0.25, 0.3) is 16.9 Å². The quantitative estimate of drug-likeness (QED) is 0.252. The molecule has 35 heavy (non-hydrogen) atoms. The van der Waals surface area contributed by atoms with Crippen LogP contribution in [-0.2, 0) is 17.8 Å². The molecule has 178 valence electrons. The second kappa shape index (κ2) is 10.6. The molecule has 0 atom stereocenters. The minimum Gasteiger partial charge on any atom is -0.497 e. The van der Waals surface area contributed by atoms with Crippen LogP contribution >= 0.6 is 0 Å². The van der Waals surface area contributed by atoms with Crippen LogP contribution in [-0.4, -0.2) is 39.2 Å². The van der Waals surface area contributed by atoms with Crippen molar-refractivity contribution in [2.24, 2.45) is 0 Å². The molecule has 0 radical (unpaired) electrons. The molecule has 0 saturated heterocycles. The standard InChI is InChI=1S/C27H26N4O4/c1-3-29(18-20-9-15-25(35-2)16-10-20)26(32)17-22-19-30(23-7-5-4-6-8-23)28-27(22)21-11-13-24(14-12-21)31(33)34/h4-16,19H,3,17-18H2,1-2H3. The number of hydrogen-bond acceptors (Lipinski definition) is 5. The zero-order valence-electron chi connectivity index (χ0n) is 19.6. The fraction of sp³-hybridized carbons (Fsp3) is 0.185. The van der Waals surface area contributed by atoms with Crippen molar-refractivity contribution in [3.05, 3.63) is 106 Å². The molecule has 0 aliphatic carbocycles. The lowest BCUT2D eigenvalue weighted by atomic mass is 10.0. The summed E-state index contributed by atoms with van der Waals surface area (Å²) in [5, 5.41) is 15.8. The van der Waals surface area contributed by atoms with E-state index in [-0.39, 0.29) is 18.0 Å². The summed E-state index contributed by atoms with van der Waals surface area (Å²) in [5.74, 6) is 0.739. The fourth-order valence-electron chi connectivity index (χ4n) is 3.84. The van der Waals surface area contributed by atoms with Crippen LogP contribution in [0.3, 0.4) is 0 Å². The highest BCUT2D eigenvalue weighted by molar-refractivity contribution is 5.81. The number of aromatic nitrogens is 2. The second-order valence-electron chi connectivity index (χ2n) is 8.02. The average molecular weight is 471 g/mol. The van der Waals surface area contributed by atoms with Crippen molar-refractivity contribution >= 4 is 11.6 Å². The van der Waals surface area contributed by atoms with Crippen molar-refractivity contribution in [2.45, 2.75) is 19.9 Å². The monoisotopic (exact) mass is 470 g/mol.